The van der Waals surface area contributed by atoms with Crippen molar-refractivity contribution < 1.29 is 23.6 Å². The van der Waals surface area contributed by atoms with Gasteiger partial charge in [0.1, 0.15) is 5.60 Å². The van der Waals surface area contributed by atoms with E-state index in [1.54, 1.807) is 4.90 Å². The maximum absolute atomic E-state index is 13.4. The van der Waals surface area contributed by atoms with Gasteiger partial charge in [0.15, 0.2) is 0 Å². The maximum atomic E-state index is 13.4. The molecule has 1 aromatic carbocycles. The van der Waals surface area contributed by atoms with Crippen molar-refractivity contribution >= 4 is 24.6 Å². The van der Waals surface area contributed by atoms with Crippen LogP contribution in [0.2, 0.25) is 0 Å². The van der Waals surface area contributed by atoms with E-state index in [1.165, 1.54) is 0 Å². The normalized spacial score (nSPS) is 22.9. The maximum Gasteiger partial charge on any atom is 0.495 e. The Morgan fingerprint density at radius 2 is 1.74 bits per heavy atom. The van der Waals surface area contributed by atoms with E-state index in [0.29, 0.717) is 18.7 Å². The van der Waals surface area contributed by atoms with E-state index in [2.05, 4.69) is 5.32 Å². The van der Waals surface area contributed by atoms with Crippen LogP contribution in [0, 0.1) is 0 Å². The number of hydrogen-bond acceptors (Lipinski definition) is 5. The van der Waals surface area contributed by atoms with Crippen LogP contribution in [-0.4, -0.2) is 60.0 Å². The summed E-state index contributed by atoms with van der Waals surface area (Å²) in [5.41, 5.74) is -0.231. The number of nitrogens with zero attached hydrogens (tertiary/aromatic N) is 1. The molecule has 0 spiro atoms. The lowest BCUT2D eigenvalue weighted by atomic mass is 9.75. The standard InChI is InChI=1S/C23H35BN2O5/c1-21(2,3)29-20(28)25-16-11-10-14-26(15-16)19(27)17-12-8-9-13-18(17)24-30-22(4,5)23(6,7)31-24/h8-9,12-13,16H,10-11,14-15H2,1-7H3,(H,25,28)/t16-/m1/s1. The molecule has 0 radical (unpaired) electrons. The van der Waals surface area contributed by atoms with E-state index in [9.17, 15) is 9.59 Å². The molecule has 31 heavy (non-hydrogen) atoms. The third-order valence-electron chi connectivity index (χ3n) is 6.13. The lowest BCUT2D eigenvalue weighted by Crippen LogP contribution is -2.51. The van der Waals surface area contributed by atoms with Crippen molar-refractivity contribution in [3.63, 3.8) is 0 Å². The minimum Gasteiger partial charge on any atom is -0.444 e. The summed E-state index contributed by atoms with van der Waals surface area (Å²) in [4.78, 5) is 27.4. The third-order valence-corrected chi connectivity index (χ3v) is 6.13. The van der Waals surface area contributed by atoms with Crippen molar-refractivity contribution in [3.05, 3.63) is 29.8 Å². The van der Waals surface area contributed by atoms with Gasteiger partial charge < -0.3 is 24.3 Å². The molecule has 1 N–H and O–H groups in total. The molecule has 170 valence electrons. The number of alkyl carbamates (subject to hydrolysis) is 1. The molecule has 0 bridgehead atoms. The molecule has 7 nitrogen and oxygen atoms in total. The number of rotatable bonds is 3. The highest BCUT2D eigenvalue weighted by Crippen LogP contribution is 2.36. The summed E-state index contributed by atoms with van der Waals surface area (Å²) in [6.45, 7) is 14.6. The van der Waals surface area contributed by atoms with Gasteiger partial charge in [0.25, 0.3) is 5.91 Å². The van der Waals surface area contributed by atoms with E-state index in [1.807, 2.05) is 72.7 Å². The van der Waals surface area contributed by atoms with Crippen molar-refractivity contribution in [1.82, 2.24) is 10.2 Å². The Morgan fingerprint density at radius 3 is 2.35 bits per heavy atom. The van der Waals surface area contributed by atoms with Gasteiger partial charge in [-0.3, -0.25) is 4.79 Å². The average molecular weight is 430 g/mol. The molecule has 2 aliphatic rings. The summed E-state index contributed by atoms with van der Waals surface area (Å²) in [5, 5.41) is 2.90. The monoisotopic (exact) mass is 430 g/mol. The van der Waals surface area contributed by atoms with E-state index in [4.69, 9.17) is 14.0 Å². The molecule has 8 heteroatoms. The van der Waals surface area contributed by atoms with Crippen LogP contribution in [0.3, 0.4) is 0 Å². The molecular weight excluding hydrogens is 395 g/mol. The van der Waals surface area contributed by atoms with Crippen LogP contribution < -0.4 is 10.8 Å². The zero-order chi connectivity index (χ0) is 23.0. The Labute approximate surface area is 185 Å². The van der Waals surface area contributed by atoms with Gasteiger partial charge in [-0.25, -0.2) is 4.79 Å². The van der Waals surface area contributed by atoms with Crippen LogP contribution in [0.5, 0.6) is 0 Å². The largest absolute Gasteiger partial charge is 0.495 e. The van der Waals surface area contributed by atoms with E-state index in [-0.39, 0.29) is 11.9 Å². The summed E-state index contributed by atoms with van der Waals surface area (Å²) in [6, 6.07) is 7.29. The Morgan fingerprint density at radius 1 is 1.13 bits per heavy atom. The summed E-state index contributed by atoms with van der Waals surface area (Å²) in [7, 11) is -0.606. The van der Waals surface area contributed by atoms with E-state index < -0.39 is 30.0 Å². The lowest BCUT2D eigenvalue weighted by molar-refractivity contribution is 0.00578. The predicted molar refractivity (Wildman–Crippen MR) is 120 cm³/mol. The first-order valence-electron chi connectivity index (χ1n) is 11.0. The fourth-order valence-electron chi connectivity index (χ4n) is 3.79. The lowest BCUT2D eigenvalue weighted by Gasteiger charge is -2.34. The van der Waals surface area contributed by atoms with Crippen molar-refractivity contribution in [1.29, 1.82) is 0 Å². The highest BCUT2D eigenvalue weighted by atomic mass is 16.7. The Balaban J connectivity index is 1.73. The van der Waals surface area contributed by atoms with Gasteiger partial charge in [-0.2, -0.15) is 0 Å². The predicted octanol–water partition coefficient (Wildman–Crippen LogP) is 3.12. The highest BCUT2D eigenvalue weighted by molar-refractivity contribution is 6.63. The van der Waals surface area contributed by atoms with Gasteiger partial charge in [-0.05, 0) is 72.8 Å². The SMILES string of the molecule is CC(C)(C)OC(=O)N[C@@H]1CCCN(C(=O)c2ccccc2B2OC(C)(C)C(C)(C)O2)C1. The number of benzene rings is 1. The number of carbonyl (C=O) groups excluding carboxylic acids is 2. The first kappa shape index (κ1) is 23.6. The number of piperidine rings is 1. The fourth-order valence-corrected chi connectivity index (χ4v) is 3.79. The van der Waals surface area contributed by atoms with Crippen LogP contribution in [0.4, 0.5) is 4.79 Å². The average Bonchev–Trinajstić information content (AvgIpc) is 2.87. The van der Waals surface area contributed by atoms with E-state index in [0.717, 1.165) is 18.3 Å². The quantitative estimate of drug-likeness (QED) is 0.746. The summed E-state index contributed by atoms with van der Waals surface area (Å²) in [6.07, 6.45) is 1.16. The Hall–Kier alpha value is -2.06. The molecule has 3 rings (SSSR count). The van der Waals surface area contributed by atoms with Gasteiger partial charge >= 0.3 is 13.2 Å². The van der Waals surface area contributed by atoms with Crippen molar-refractivity contribution in [2.24, 2.45) is 0 Å². The summed E-state index contributed by atoms with van der Waals surface area (Å²) >= 11 is 0. The van der Waals surface area contributed by atoms with Crippen molar-refractivity contribution in [2.45, 2.75) is 84.2 Å². The number of amides is 2. The highest BCUT2D eigenvalue weighted by Gasteiger charge is 2.52. The molecule has 0 aromatic heterocycles. The number of hydrogen-bond donors (Lipinski definition) is 1. The van der Waals surface area contributed by atoms with Crippen LogP contribution >= 0.6 is 0 Å². The van der Waals surface area contributed by atoms with Gasteiger partial charge in [0, 0.05) is 24.7 Å². The Kier molecular flexibility index (Phi) is 6.45. The molecule has 2 amide bonds. The fraction of sp³-hybridized carbons (Fsp3) is 0.652. The molecular formula is C23H35BN2O5. The van der Waals surface area contributed by atoms with Gasteiger partial charge in [-0.1, -0.05) is 18.2 Å². The van der Waals surface area contributed by atoms with Crippen LogP contribution in [0.1, 0.15) is 71.7 Å². The third kappa shape index (κ3) is 5.41. The minimum absolute atomic E-state index is 0.0824. The molecule has 0 saturated carbocycles. The molecule has 2 saturated heterocycles. The minimum atomic E-state index is -0.606. The second-order valence-electron chi connectivity index (χ2n) is 10.4. The van der Waals surface area contributed by atoms with Crippen LogP contribution in [-0.2, 0) is 14.0 Å². The zero-order valence-corrected chi connectivity index (χ0v) is 19.8. The van der Waals surface area contributed by atoms with Gasteiger partial charge in [0.05, 0.1) is 11.2 Å². The number of carbonyl (C=O) groups is 2. The number of nitrogens with one attached hydrogen (secondary N) is 1. The molecule has 2 aliphatic heterocycles. The summed E-state index contributed by atoms with van der Waals surface area (Å²) < 4.78 is 17.7. The molecule has 1 atom stereocenters. The number of ether oxygens (including phenoxy) is 1. The molecule has 0 aliphatic carbocycles. The second-order valence-corrected chi connectivity index (χ2v) is 10.4. The van der Waals surface area contributed by atoms with Crippen molar-refractivity contribution in [3.8, 4) is 0 Å². The first-order chi connectivity index (χ1) is 14.3. The van der Waals surface area contributed by atoms with Crippen LogP contribution in [0.25, 0.3) is 0 Å². The first-order valence-corrected chi connectivity index (χ1v) is 11.0. The van der Waals surface area contributed by atoms with Crippen molar-refractivity contribution in [2.75, 3.05) is 13.1 Å². The second kappa shape index (κ2) is 8.47. The van der Waals surface area contributed by atoms with Crippen LogP contribution in [0.15, 0.2) is 24.3 Å². The summed E-state index contributed by atoms with van der Waals surface area (Å²) in [5.74, 6) is -0.0824. The molecule has 2 fully saturated rings. The molecule has 2 heterocycles. The smallest absolute Gasteiger partial charge is 0.444 e. The van der Waals surface area contributed by atoms with Gasteiger partial charge in [0.2, 0.25) is 0 Å². The molecule has 0 unspecified atom stereocenters. The number of likely N-dealkylation sites (tertiary alicyclic amines) is 1. The topological polar surface area (TPSA) is 77.1 Å². The Bertz CT molecular complexity index is 818. The molecule has 1 aromatic rings. The van der Waals surface area contributed by atoms with E-state index >= 15 is 0 Å². The zero-order valence-electron chi connectivity index (χ0n) is 19.8. The van der Waals surface area contributed by atoms with Gasteiger partial charge in [-0.15, -0.1) is 0 Å².